The van der Waals surface area contributed by atoms with Crippen molar-refractivity contribution in [2.75, 3.05) is 6.26 Å². The van der Waals surface area contributed by atoms with Gasteiger partial charge in [0.1, 0.15) is 11.9 Å². The molecule has 1 aromatic rings. The van der Waals surface area contributed by atoms with Gasteiger partial charge in [0.15, 0.2) is 0 Å². The van der Waals surface area contributed by atoms with Crippen molar-refractivity contribution in [1.82, 2.24) is 4.98 Å². The molecule has 1 saturated carbocycles. The summed E-state index contributed by atoms with van der Waals surface area (Å²) in [6.07, 6.45) is 3.33. The molecule has 0 aliphatic heterocycles. The predicted molar refractivity (Wildman–Crippen MR) is 55.6 cm³/mol. The largest absolute Gasteiger partial charge is 0.265 e. The maximum Gasteiger partial charge on any atom is 0.265 e. The highest BCUT2D eigenvalue weighted by molar-refractivity contribution is 7.86. The Morgan fingerprint density at radius 1 is 1.50 bits per heavy atom. The van der Waals surface area contributed by atoms with Crippen LogP contribution in [0.2, 0.25) is 0 Å². The first-order chi connectivity index (χ1) is 7.46. The Morgan fingerprint density at radius 2 is 2.19 bits per heavy atom. The van der Waals surface area contributed by atoms with Crippen LogP contribution in [0.25, 0.3) is 0 Å². The molecule has 0 amide bonds. The molecular weight excluding hydrogens is 233 g/mol. The van der Waals surface area contributed by atoms with Crippen LogP contribution in [0.15, 0.2) is 18.3 Å². The van der Waals surface area contributed by atoms with Crippen molar-refractivity contribution in [3.8, 4) is 0 Å². The van der Waals surface area contributed by atoms with E-state index in [1.54, 1.807) is 0 Å². The smallest absolute Gasteiger partial charge is 0.260 e. The van der Waals surface area contributed by atoms with Gasteiger partial charge < -0.3 is 0 Å². The first-order valence-corrected chi connectivity index (χ1v) is 6.77. The van der Waals surface area contributed by atoms with E-state index >= 15 is 0 Å². The lowest BCUT2D eigenvalue weighted by atomic mass is 10.1. The van der Waals surface area contributed by atoms with Crippen molar-refractivity contribution < 1.29 is 17.0 Å². The average Bonchev–Trinajstić information content (AvgIpc) is 2.97. The van der Waals surface area contributed by atoms with Crippen molar-refractivity contribution in [1.29, 1.82) is 0 Å². The van der Waals surface area contributed by atoms with Crippen LogP contribution in [-0.2, 0) is 14.3 Å². The third-order valence-electron chi connectivity index (χ3n) is 2.37. The molecule has 1 aliphatic rings. The summed E-state index contributed by atoms with van der Waals surface area (Å²) in [4.78, 5) is 3.86. The van der Waals surface area contributed by atoms with Crippen molar-refractivity contribution >= 4 is 10.1 Å². The van der Waals surface area contributed by atoms with Gasteiger partial charge >= 0.3 is 0 Å². The fourth-order valence-corrected chi connectivity index (χ4v) is 2.14. The molecule has 2 rings (SSSR count). The lowest BCUT2D eigenvalue weighted by Crippen LogP contribution is -2.13. The molecule has 0 saturated heterocycles. The molecule has 6 heteroatoms. The number of hydrogen-bond donors (Lipinski definition) is 0. The highest BCUT2D eigenvalue weighted by Crippen LogP contribution is 2.43. The van der Waals surface area contributed by atoms with Crippen LogP contribution in [0.1, 0.15) is 24.6 Å². The van der Waals surface area contributed by atoms with Crippen LogP contribution in [0.3, 0.4) is 0 Å². The van der Waals surface area contributed by atoms with E-state index in [4.69, 9.17) is 4.18 Å². The Balaban J connectivity index is 2.22. The summed E-state index contributed by atoms with van der Waals surface area (Å²) < 4.78 is 39.8. The SMILES string of the molecule is CS(=O)(=O)OC(c1ccc(F)cn1)C1CC1. The number of hydrogen-bond acceptors (Lipinski definition) is 4. The zero-order valence-electron chi connectivity index (χ0n) is 8.76. The lowest BCUT2D eigenvalue weighted by Gasteiger charge is -2.14. The molecule has 1 aliphatic carbocycles. The Kier molecular flexibility index (Phi) is 2.94. The number of nitrogens with zero attached hydrogens (tertiary/aromatic N) is 1. The quantitative estimate of drug-likeness (QED) is 0.757. The third-order valence-corrected chi connectivity index (χ3v) is 2.93. The van der Waals surface area contributed by atoms with Gasteiger partial charge in [-0.05, 0) is 30.9 Å². The zero-order valence-corrected chi connectivity index (χ0v) is 9.58. The molecule has 0 radical (unpaired) electrons. The minimum Gasteiger partial charge on any atom is -0.260 e. The van der Waals surface area contributed by atoms with Crippen LogP contribution in [-0.4, -0.2) is 19.7 Å². The van der Waals surface area contributed by atoms with Gasteiger partial charge in [0, 0.05) is 0 Å². The zero-order chi connectivity index (χ0) is 11.8. The molecule has 1 aromatic heterocycles. The molecule has 0 spiro atoms. The predicted octanol–water partition coefficient (Wildman–Crippen LogP) is 1.65. The topological polar surface area (TPSA) is 56.3 Å². The van der Waals surface area contributed by atoms with E-state index in [2.05, 4.69) is 4.98 Å². The van der Waals surface area contributed by atoms with Gasteiger partial charge in [0.05, 0.1) is 18.1 Å². The Bertz CT molecular complexity index is 467. The van der Waals surface area contributed by atoms with Gasteiger partial charge in [0.25, 0.3) is 10.1 Å². The fraction of sp³-hybridized carbons (Fsp3) is 0.500. The first kappa shape index (κ1) is 11.5. The summed E-state index contributed by atoms with van der Waals surface area (Å²) in [5, 5.41) is 0. The lowest BCUT2D eigenvalue weighted by molar-refractivity contribution is 0.186. The second kappa shape index (κ2) is 4.10. The molecule has 0 N–H and O–H groups in total. The van der Waals surface area contributed by atoms with E-state index in [9.17, 15) is 12.8 Å². The maximum absolute atomic E-state index is 12.7. The number of rotatable bonds is 4. The molecule has 0 bridgehead atoms. The second-order valence-corrected chi connectivity index (χ2v) is 5.56. The van der Waals surface area contributed by atoms with Crippen LogP contribution in [0.4, 0.5) is 4.39 Å². The Labute approximate surface area is 93.6 Å². The van der Waals surface area contributed by atoms with Crippen LogP contribution in [0.5, 0.6) is 0 Å². The first-order valence-electron chi connectivity index (χ1n) is 4.95. The van der Waals surface area contributed by atoms with Crippen molar-refractivity contribution in [3.05, 3.63) is 29.8 Å². The van der Waals surface area contributed by atoms with E-state index < -0.39 is 22.0 Å². The molecule has 4 nitrogen and oxygen atoms in total. The number of halogens is 1. The molecule has 1 fully saturated rings. The van der Waals surface area contributed by atoms with Gasteiger partial charge in [-0.2, -0.15) is 8.42 Å². The molecule has 1 unspecified atom stereocenters. The van der Waals surface area contributed by atoms with Gasteiger partial charge in [-0.3, -0.25) is 9.17 Å². The highest BCUT2D eigenvalue weighted by Gasteiger charge is 2.36. The molecule has 16 heavy (non-hydrogen) atoms. The summed E-state index contributed by atoms with van der Waals surface area (Å²) in [7, 11) is -3.52. The summed E-state index contributed by atoms with van der Waals surface area (Å²) in [6, 6.07) is 2.72. The van der Waals surface area contributed by atoms with Crippen molar-refractivity contribution in [3.63, 3.8) is 0 Å². The number of aromatic nitrogens is 1. The molecular formula is C10H12FNO3S. The highest BCUT2D eigenvalue weighted by atomic mass is 32.2. The molecule has 1 heterocycles. The minimum absolute atomic E-state index is 0.174. The normalized spacial score (nSPS) is 18.4. The van der Waals surface area contributed by atoms with E-state index in [-0.39, 0.29) is 5.92 Å². The van der Waals surface area contributed by atoms with Crippen molar-refractivity contribution in [2.24, 2.45) is 5.92 Å². The van der Waals surface area contributed by atoms with Gasteiger partial charge in [-0.1, -0.05) is 0 Å². The van der Waals surface area contributed by atoms with Crippen LogP contribution in [0, 0.1) is 11.7 Å². The summed E-state index contributed by atoms with van der Waals surface area (Å²) in [6.45, 7) is 0. The molecule has 1 atom stereocenters. The standard InChI is InChI=1S/C10H12FNO3S/c1-16(13,14)15-10(7-2-3-7)9-5-4-8(11)6-12-9/h4-7,10H,2-3H2,1H3. The summed E-state index contributed by atoms with van der Waals surface area (Å²) in [5.41, 5.74) is 0.467. The third kappa shape index (κ3) is 2.99. The van der Waals surface area contributed by atoms with E-state index in [0.717, 1.165) is 25.3 Å². The minimum atomic E-state index is -3.52. The Morgan fingerprint density at radius 3 is 2.62 bits per heavy atom. The number of pyridine rings is 1. The summed E-state index contributed by atoms with van der Waals surface area (Å²) in [5.74, 6) is -0.273. The van der Waals surface area contributed by atoms with E-state index in [1.165, 1.54) is 12.1 Å². The maximum atomic E-state index is 12.7. The Hall–Kier alpha value is -1.01. The monoisotopic (exact) mass is 245 g/mol. The van der Waals surface area contributed by atoms with Gasteiger partial charge in [-0.25, -0.2) is 4.39 Å². The summed E-state index contributed by atoms with van der Waals surface area (Å²) >= 11 is 0. The van der Waals surface area contributed by atoms with Crippen LogP contribution < -0.4 is 0 Å². The van der Waals surface area contributed by atoms with Gasteiger partial charge in [0.2, 0.25) is 0 Å². The van der Waals surface area contributed by atoms with E-state index in [1.807, 2.05) is 0 Å². The van der Waals surface area contributed by atoms with Gasteiger partial charge in [-0.15, -0.1) is 0 Å². The fourth-order valence-electron chi connectivity index (χ4n) is 1.51. The second-order valence-electron chi connectivity index (χ2n) is 3.96. The van der Waals surface area contributed by atoms with Crippen molar-refractivity contribution in [2.45, 2.75) is 18.9 Å². The average molecular weight is 245 g/mol. The molecule has 0 aromatic carbocycles. The van der Waals surface area contributed by atoms with E-state index in [0.29, 0.717) is 5.69 Å². The van der Waals surface area contributed by atoms with Crippen LogP contribution >= 0.6 is 0 Å². The molecule has 88 valence electrons.